The van der Waals surface area contributed by atoms with Crippen molar-refractivity contribution < 1.29 is 28.5 Å². The van der Waals surface area contributed by atoms with Crippen molar-refractivity contribution in [2.75, 3.05) is 20.3 Å². The second-order valence-corrected chi connectivity index (χ2v) is 19.3. The summed E-state index contributed by atoms with van der Waals surface area (Å²) in [6.45, 7) is 21.2. The third-order valence-corrected chi connectivity index (χ3v) is 13.5. The van der Waals surface area contributed by atoms with E-state index in [1.165, 1.54) is 0 Å². The Kier molecular flexibility index (Phi) is 9.46. The molecule has 0 aromatic heterocycles. The van der Waals surface area contributed by atoms with Crippen LogP contribution in [0.15, 0.2) is 48.1 Å². The summed E-state index contributed by atoms with van der Waals surface area (Å²) in [7, 11) is -0.429. The SMILES string of the molecule is COc1cc(/C=C/C2(C(C)(C)C(=O)/C=C/C3(C)C=C(C#N)C(O)C(C)(C)C3)OCCO2)ccc1O[Si](C)(C)C(C)(C)C. The summed E-state index contributed by atoms with van der Waals surface area (Å²) < 4.78 is 24.4. The Labute approximate surface area is 253 Å². The van der Waals surface area contributed by atoms with Crippen LogP contribution in [0.5, 0.6) is 11.5 Å². The number of benzene rings is 1. The van der Waals surface area contributed by atoms with Crippen LogP contribution in [0, 0.1) is 27.6 Å². The molecule has 2 aliphatic rings. The van der Waals surface area contributed by atoms with E-state index in [0.29, 0.717) is 36.7 Å². The van der Waals surface area contributed by atoms with Gasteiger partial charge in [-0.2, -0.15) is 5.26 Å². The second kappa shape index (κ2) is 11.8. The van der Waals surface area contributed by atoms with E-state index in [9.17, 15) is 15.2 Å². The number of nitriles is 1. The van der Waals surface area contributed by atoms with E-state index in [0.717, 1.165) is 5.56 Å². The predicted octanol–water partition coefficient (Wildman–Crippen LogP) is 7.23. The summed E-state index contributed by atoms with van der Waals surface area (Å²) in [6, 6.07) is 7.92. The van der Waals surface area contributed by atoms with Crippen LogP contribution in [0.25, 0.3) is 6.08 Å². The van der Waals surface area contributed by atoms with E-state index in [2.05, 4.69) is 39.9 Å². The number of allylic oxidation sites excluding steroid dienone is 3. The Morgan fingerprint density at radius 1 is 1.10 bits per heavy atom. The molecule has 0 amide bonds. The van der Waals surface area contributed by atoms with Crippen molar-refractivity contribution in [1.29, 1.82) is 5.26 Å². The number of ether oxygens (including phenoxy) is 3. The number of hydrogen-bond donors (Lipinski definition) is 1. The number of carbonyl (C=O) groups is 1. The molecule has 1 aromatic rings. The lowest BCUT2D eigenvalue weighted by Crippen LogP contribution is -2.48. The van der Waals surface area contributed by atoms with Crippen molar-refractivity contribution in [3.8, 4) is 17.6 Å². The lowest BCUT2D eigenvalue weighted by atomic mass is 9.64. The number of ketones is 1. The van der Waals surface area contributed by atoms with Gasteiger partial charge in [-0.05, 0) is 73.7 Å². The summed E-state index contributed by atoms with van der Waals surface area (Å²) in [5.74, 6) is -0.0810. The first kappa shape index (κ1) is 33.8. The molecule has 230 valence electrons. The Bertz CT molecular complexity index is 1300. The Morgan fingerprint density at radius 3 is 2.26 bits per heavy atom. The maximum absolute atomic E-state index is 13.7. The minimum Gasteiger partial charge on any atom is -0.541 e. The average Bonchev–Trinajstić information content (AvgIpc) is 3.38. The van der Waals surface area contributed by atoms with Gasteiger partial charge in [0.2, 0.25) is 5.79 Å². The van der Waals surface area contributed by atoms with Gasteiger partial charge < -0.3 is 23.7 Å². The maximum Gasteiger partial charge on any atom is 0.250 e. The average molecular weight is 596 g/mol. The molecule has 1 N–H and O–H groups in total. The third-order valence-electron chi connectivity index (χ3n) is 9.16. The first-order chi connectivity index (χ1) is 19.2. The van der Waals surface area contributed by atoms with Crippen LogP contribution in [0.1, 0.15) is 67.4 Å². The van der Waals surface area contributed by atoms with Crippen molar-refractivity contribution in [2.45, 2.75) is 91.8 Å². The topological polar surface area (TPSA) is 98.0 Å². The van der Waals surface area contributed by atoms with Crippen LogP contribution in [-0.2, 0) is 14.3 Å². The number of nitrogens with zero attached hydrogens (tertiary/aromatic N) is 1. The van der Waals surface area contributed by atoms with Crippen LogP contribution < -0.4 is 9.16 Å². The molecule has 1 saturated heterocycles. The number of hydrogen-bond acceptors (Lipinski definition) is 7. The fourth-order valence-electron chi connectivity index (χ4n) is 5.43. The smallest absolute Gasteiger partial charge is 0.250 e. The molecule has 8 heteroatoms. The number of carbonyl (C=O) groups excluding carboxylic acids is 1. The fraction of sp³-hybridized carbons (Fsp3) is 0.588. The summed E-state index contributed by atoms with van der Waals surface area (Å²) in [5, 5.41) is 20.2. The second-order valence-electron chi connectivity index (χ2n) is 14.6. The molecule has 42 heavy (non-hydrogen) atoms. The van der Waals surface area contributed by atoms with Crippen LogP contribution in [0.2, 0.25) is 18.1 Å². The quantitative estimate of drug-likeness (QED) is 0.237. The van der Waals surface area contributed by atoms with Gasteiger partial charge in [-0.25, -0.2) is 0 Å². The minimum absolute atomic E-state index is 0.0485. The minimum atomic E-state index is -2.06. The molecule has 1 aliphatic carbocycles. The largest absolute Gasteiger partial charge is 0.541 e. The standard InChI is InChI=1S/C34H49NO6Si/c1-30(2,3)42(10,11)41-26-13-12-24(20-27(26)38-9)14-17-34(39-18-19-40-34)32(6,7)28(36)15-16-33(8)21-25(22-35)29(37)31(4,5)23-33/h12-17,20-21,29,37H,18-19,23H2,1-11H3/b16-15+,17-14+. The fourth-order valence-corrected chi connectivity index (χ4v) is 6.46. The first-order valence-corrected chi connectivity index (χ1v) is 17.5. The molecule has 0 saturated carbocycles. The maximum atomic E-state index is 13.7. The van der Waals surface area contributed by atoms with E-state index < -0.39 is 36.5 Å². The molecule has 0 bridgehead atoms. The number of aliphatic hydroxyl groups excluding tert-OH is 1. The lowest BCUT2D eigenvalue weighted by molar-refractivity contribution is -0.191. The third kappa shape index (κ3) is 6.75. The zero-order chi connectivity index (χ0) is 31.8. The Hall–Kier alpha value is -2.70. The van der Waals surface area contributed by atoms with Crippen LogP contribution in [-0.4, -0.2) is 51.4 Å². The summed E-state index contributed by atoms with van der Waals surface area (Å²) >= 11 is 0. The molecule has 2 unspecified atom stereocenters. The van der Waals surface area contributed by atoms with Crippen molar-refractivity contribution >= 4 is 20.2 Å². The molecule has 1 aromatic carbocycles. The van der Waals surface area contributed by atoms with Crippen molar-refractivity contribution in [3.63, 3.8) is 0 Å². The molecular formula is C34H49NO6Si. The Balaban J connectivity index is 1.89. The molecule has 1 heterocycles. The van der Waals surface area contributed by atoms with E-state index in [-0.39, 0.29) is 10.8 Å². The van der Waals surface area contributed by atoms with Gasteiger partial charge in [-0.15, -0.1) is 0 Å². The Morgan fingerprint density at radius 2 is 1.71 bits per heavy atom. The predicted molar refractivity (Wildman–Crippen MR) is 169 cm³/mol. The summed E-state index contributed by atoms with van der Waals surface area (Å²) in [4.78, 5) is 13.7. The molecular weight excluding hydrogens is 546 g/mol. The normalized spacial score (nSPS) is 24.5. The van der Waals surface area contributed by atoms with E-state index in [4.69, 9.17) is 18.6 Å². The monoisotopic (exact) mass is 595 g/mol. The van der Waals surface area contributed by atoms with Crippen molar-refractivity contribution in [1.82, 2.24) is 0 Å². The molecule has 7 nitrogen and oxygen atoms in total. The van der Waals surface area contributed by atoms with Gasteiger partial charge in [-0.1, -0.05) is 65.8 Å². The highest BCUT2D eigenvalue weighted by atomic mass is 28.4. The highest BCUT2D eigenvalue weighted by Gasteiger charge is 2.52. The molecule has 2 atom stereocenters. The van der Waals surface area contributed by atoms with Gasteiger partial charge in [-0.3, -0.25) is 4.79 Å². The van der Waals surface area contributed by atoms with Crippen molar-refractivity contribution in [2.24, 2.45) is 16.2 Å². The van der Waals surface area contributed by atoms with Gasteiger partial charge in [0, 0.05) is 5.41 Å². The first-order valence-electron chi connectivity index (χ1n) is 14.6. The van der Waals surface area contributed by atoms with Gasteiger partial charge in [0.15, 0.2) is 11.5 Å². The molecule has 0 spiro atoms. The van der Waals surface area contributed by atoms with Gasteiger partial charge in [0.25, 0.3) is 8.32 Å². The summed E-state index contributed by atoms with van der Waals surface area (Å²) in [5.41, 5.74) is -0.955. The van der Waals surface area contributed by atoms with Crippen molar-refractivity contribution in [3.05, 3.63) is 53.6 Å². The number of methoxy groups -OCH3 is 1. The van der Waals surface area contributed by atoms with Crippen LogP contribution >= 0.6 is 0 Å². The van der Waals surface area contributed by atoms with Gasteiger partial charge >= 0.3 is 0 Å². The van der Waals surface area contributed by atoms with Crippen LogP contribution in [0.3, 0.4) is 0 Å². The van der Waals surface area contributed by atoms with E-state index in [1.807, 2.05) is 71.0 Å². The highest BCUT2D eigenvalue weighted by Crippen LogP contribution is 2.47. The summed E-state index contributed by atoms with van der Waals surface area (Å²) in [6.07, 6.45) is 8.61. The zero-order valence-electron chi connectivity index (χ0n) is 27.3. The van der Waals surface area contributed by atoms with E-state index >= 15 is 0 Å². The zero-order valence-corrected chi connectivity index (χ0v) is 28.3. The molecule has 0 radical (unpaired) electrons. The highest BCUT2D eigenvalue weighted by molar-refractivity contribution is 6.74. The van der Waals surface area contributed by atoms with Crippen LogP contribution in [0.4, 0.5) is 0 Å². The number of rotatable bonds is 9. The number of aliphatic hydroxyl groups is 1. The molecule has 1 aliphatic heterocycles. The molecule has 1 fully saturated rings. The van der Waals surface area contributed by atoms with Gasteiger partial charge in [0.05, 0.1) is 43.5 Å². The molecule has 3 rings (SSSR count). The van der Waals surface area contributed by atoms with Gasteiger partial charge in [0.1, 0.15) is 5.75 Å². The van der Waals surface area contributed by atoms with E-state index in [1.54, 1.807) is 19.3 Å². The lowest BCUT2D eigenvalue weighted by Gasteiger charge is -2.42.